The van der Waals surface area contributed by atoms with Crippen LogP contribution >= 0.6 is 24.0 Å². The second-order valence-corrected chi connectivity index (χ2v) is 5.83. The van der Waals surface area contributed by atoms with Crippen LogP contribution in [0.4, 0.5) is 0 Å². The summed E-state index contributed by atoms with van der Waals surface area (Å²) in [5, 5.41) is 9.52. The van der Waals surface area contributed by atoms with Crippen LogP contribution in [0.15, 0.2) is 4.99 Å². The summed E-state index contributed by atoms with van der Waals surface area (Å²) in [6.45, 7) is 8.43. The molecule has 0 aromatic heterocycles. The van der Waals surface area contributed by atoms with Crippen LogP contribution in [0.5, 0.6) is 0 Å². The predicted molar refractivity (Wildman–Crippen MR) is 104 cm³/mol. The van der Waals surface area contributed by atoms with E-state index in [1.165, 1.54) is 25.7 Å². The minimum atomic E-state index is 0. The van der Waals surface area contributed by atoms with E-state index in [4.69, 9.17) is 0 Å². The van der Waals surface area contributed by atoms with Crippen LogP contribution in [0.1, 0.15) is 59.3 Å². The Kier molecular flexibility index (Phi) is 12.6. The first-order valence-corrected chi connectivity index (χ1v) is 8.51. The number of nitrogens with one attached hydrogen (secondary N) is 3. The molecule has 0 aromatic carbocycles. The van der Waals surface area contributed by atoms with E-state index in [1.807, 2.05) is 6.92 Å². The molecule has 1 amide bonds. The van der Waals surface area contributed by atoms with Crippen molar-refractivity contribution in [3.05, 3.63) is 0 Å². The molecule has 1 rings (SSSR count). The molecule has 6 heteroatoms. The maximum atomic E-state index is 11.7. The highest BCUT2D eigenvalue weighted by Gasteiger charge is 2.22. The molecule has 0 aromatic rings. The predicted octanol–water partition coefficient (Wildman–Crippen LogP) is 2.65. The van der Waals surface area contributed by atoms with Gasteiger partial charge in [-0.05, 0) is 32.1 Å². The van der Waals surface area contributed by atoms with E-state index in [1.54, 1.807) is 0 Å². The summed E-state index contributed by atoms with van der Waals surface area (Å²) >= 11 is 0. The summed E-state index contributed by atoms with van der Waals surface area (Å²) in [4.78, 5) is 16.0. The Bertz CT molecular complexity index is 332. The highest BCUT2D eigenvalue weighted by atomic mass is 127. The van der Waals surface area contributed by atoms with Crippen LogP contribution in [-0.2, 0) is 4.79 Å². The first-order valence-electron chi connectivity index (χ1n) is 8.51. The molecule has 1 aliphatic rings. The molecule has 1 unspecified atom stereocenters. The molecule has 0 aliphatic heterocycles. The van der Waals surface area contributed by atoms with Gasteiger partial charge in [-0.1, -0.05) is 33.1 Å². The van der Waals surface area contributed by atoms with Crippen LogP contribution in [0.2, 0.25) is 0 Å². The van der Waals surface area contributed by atoms with E-state index in [-0.39, 0.29) is 36.4 Å². The van der Waals surface area contributed by atoms with Crippen molar-refractivity contribution in [2.24, 2.45) is 10.9 Å². The third-order valence-electron chi connectivity index (χ3n) is 3.77. The summed E-state index contributed by atoms with van der Waals surface area (Å²) in [7, 11) is 0. The molecule has 0 heterocycles. The van der Waals surface area contributed by atoms with Crippen molar-refractivity contribution in [3.8, 4) is 0 Å². The number of unbranched alkanes of at least 4 members (excludes halogenated alkanes) is 1. The maximum absolute atomic E-state index is 11.7. The van der Waals surface area contributed by atoms with E-state index in [2.05, 4.69) is 34.8 Å². The Morgan fingerprint density at radius 1 is 1.23 bits per heavy atom. The third-order valence-corrected chi connectivity index (χ3v) is 3.77. The average molecular weight is 424 g/mol. The van der Waals surface area contributed by atoms with Gasteiger partial charge in [-0.3, -0.25) is 4.79 Å². The molecular formula is C16H33IN4O. The SMILES string of the molecule is CCCCC(CC)CNC(=NCC(=O)NC1CC1)NCC.I. The largest absolute Gasteiger partial charge is 0.357 e. The quantitative estimate of drug-likeness (QED) is 0.287. The molecule has 1 fully saturated rings. The minimum Gasteiger partial charge on any atom is -0.357 e. The summed E-state index contributed by atoms with van der Waals surface area (Å²) in [6, 6.07) is 0.404. The molecule has 1 aliphatic carbocycles. The van der Waals surface area contributed by atoms with Crippen molar-refractivity contribution in [1.82, 2.24) is 16.0 Å². The maximum Gasteiger partial charge on any atom is 0.242 e. The van der Waals surface area contributed by atoms with E-state index >= 15 is 0 Å². The number of hydrogen-bond acceptors (Lipinski definition) is 2. The molecule has 1 saturated carbocycles. The average Bonchev–Trinajstić information content (AvgIpc) is 3.28. The Hall–Kier alpha value is -0.530. The van der Waals surface area contributed by atoms with E-state index < -0.39 is 0 Å². The summed E-state index contributed by atoms with van der Waals surface area (Å²) in [5.74, 6) is 1.44. The highest BCUT2D eigenvalue weighted by molar-refractivity contribution is 14.0. The van der Waals surface area contributed by atoms with Crippen LogP contribution in [0.25, 0.3) is 0 Å². The lowest BCUT2D eigenvalue weighted by atomic mass is 9.99. The normalized spacial score (nSPS) is 15.7. The lowest BCUT2D eigenvalue weighted by Gasteiger charge is -2.17. The first-order chi connectivity index (χ1) is 10.2. The van der Waals surface area contributed by atoms with Crippen molar-refractivity contribution in [3.63, 3.8) is 0 Å². The number of aliphatic imine (C=N–C) groups is 1. The Balaban J connectivity index is 0.00000441. The van der Waals surface area contributed by atoms with Gasteiger partial charge in [-0.25, -0.2) is 4.99 Å². The van der Waals surface area contributed by atoms with Crippen molar-refractivity contribution < 1.29 is 4.79 Å². The lowest BCUT2D eigenvalue weighted by Crippen LogP contribution is -2.40. The Labute approximate surface area is 152 Å². The minimum absolute atomic E-state index is 0. The van der Waals surface area contributed by atoms with Crippen molar-refractivity contribution >= 4 is 35.8 Å². The van der Waals surface area contributed by atoms with E-state index in [0.717, 1.165) is 31.9 Å². The van der Waals surface area contributed by atoms with Gasteiger partial charge in [0.15, 0.2) is 5.96 Å². The fraction of sp³-hybridized carbons (Fsp3) is 0.875. The zero-order chi connectivity index (χ0) is 15.5. The fourth-order valence-electron chi connectivity index (χ4n) is 2.18. The third kappa shape index (κ3) is 10.2. The number of hydrogen-bond donors (Lipinski definition) is 3. The number of amides is 1. The molecule has 0 bridgehead atoms. The molecule has 5 nitrogen and oxygen atoms in total. The molecule has 22 heavy (non-hydrogen) atoms. The van der Waals surface area contributed by atoms with Gasteiger partial charge in [0.2, 0.25) is 5.91 Å². The zero-order valence-corrected chi connectivity index (χ0v) is 16.6. The summed E-state index contributed by atoms with van der Waals surface area (Å²) < 4.78 is 0. The molecule has 130 valence electrons. The van der Waals surface area contributed by atoms with Gasteiger partial charge in [0.25, 0.3) is 0 Å². The van der Waals surface area contributed by atoms with Gasteiger partial charge in [-0.2, -0.15) is 0 Å². The van der Waals surface area contributed by atoms with Crippen molar-refractivity contribution in [2.75, 3.05) is 19.6 Å². The van der Waals surface area contributed by atoms with Gasteiger partial charge < -0.3 is 16.0 Å². The Morgan fingerprint density at radius 2 is 1.95 bits per heavy atom. The smallest absolute Gasteiger partial charge is 0.242 e. The topological polar surface area (TPSA) is 65.5 Å². The van der Waals surface area contributed by atoms with Gasteiger partial charge >= 0.3 is 0 Å². The van der Waals surface area contributed by atoms with Gasteiger partial charge in [0.05, 0.1) is 0 Å². The van der Waals surface area contributed by atoms with Crippen LogP contribution in [-0.4, -0.2) is 37.5 Å². The Morgan fingerprint density at radius 3 is 2.50 bits per heavy atom. The van der Waals surface area contributed by atoms with E-state index in [9.17, 15) is 4.79 Å². The molecular weight excluding hydrogens is 391 g/mol. The molecule has 1 atom stereocenters. The number of rotatable bonds is 10. The zero-order valence-electron chi connectivity index (χ0n) is 14.3. The standard InChI is InChI=1S/C16H32N4O.HI/c1-4-7-8-13(5-2)11-18-16(17-6-3)19-12-15(21)20-14-9-10-14;/h13-14H,4-12H2,1-3H3,(H,20,21)(H2,17,18,19);1H. The van der Waals surface area contributed by atoms with Gasteiger partial charge in [0.1, 0.15) is 6.54 Å². The molecule has 0 saturated heterocycles. The summed E-state index contributed by atoms with van der Waals surface area (Å²) in [6.07, 6.45) is 7.17. The van der Waals surface area contributed by atoms with E-state index in [0.29, 0.717) is 12.0 Å². The lowest BCUT2D eigenvalue weighted by molar-refractivity contribution is -0.119. The number of carbonyl (C=O) groups excluding carboxylic acids is 1. The molecule has 0 spiro atoms. The second kappa shape index (κ2) is 13.0. The number of nitrogens with zero attached hydrogens (tertiary/aromatic N) is 1. The monoisotopic (exact) mass is 424 g/mol. The van der Waals surface area contributed by atoms with Crippen molar-refractivity contribution in [1.29, 1.82) is 0 Å². The van der Waals surface area contributed by atoms with Gasteiger partial charge in [-0.15, -0.1) is 24.0 Å². The second-order valence-electron chi connectivity index (χ2n) is 5.83. The van der Waals surface area contributed by atoms with Crippen LogP contribution in [0, 0.1) is 5.92 Å². The molecule has 3 N–H and O–H groups in total. The van der Waals surface area contributed by atoms with Crippen LogP contribution in [0.3, 0.4) is 0 Å². The number of guanidine groups is 1. The first kappa shape index (κ1) is 21.5. The molecule has 0 radical (unpaired) electrons. The van der Waals surface area contributed by atoms with Gasteiger partial charge in [0, 0.05) is 19.1 Å². The number of carbonyl (C=O) groups is 1. The van der Waals surface area contributed by atoms with Crippen LogP contribution < -0.4 is 16.0 Å². The number of halogens is 1. The van der Waals surface area contributed by atoms with Crippen molar-refractivity contribution in [2.45, 2.75) is 65.3 Å². The fourth-order valence-corrected chi connectivity index (χ4v) is 2.18. The summed E-state index contributed by atoms with van der Waals surface area (Å²) in [5.41, 5.74) is 0. The highest BCUT2D eigenvalue weighted by Crippen LogP contribution is 2.18.